The highest BCUT2D eigenvalue weighted by Crippen LogP contribution is 2.41. The highest BCUT2D eigenvalue weighted by Gasteiger charge is 2.37. The molecule has 1 nitrogen and oxygen atoms in total. The molecule has 1 atom stereocenters. The molecule has 0 amide bonds. The molecule has 0 aliphatic heterocycles. The van der Waals surface area contributed by atoms with Crippen molar-refractivity contribution in [1.82, 2.24) is 0 Å². The number of aliphatic hydroxyl groups is 1. The van der Waals surface area contributed by atoms with Crippen LogP contribution in [0, 0.1) is 0 Å². The minimum Gasteiger partial charge on any atom is -0.380 e. The summed E-state index contributed by atoms with van der Waals surface area (Å²) in [5, 5.41) is 11.1. The second-order valence-corrected chi connectivity index (χ2v) is 5.47. The summed E-state index contributed by atoms with van der Waals surface area (Å²) in [6.45, 7) is 2.19. The van der Waals surface area contributed by atoms with E-state index in [1.54, 1.807) is 0 Å². The molecule has 3 rings (SSSR count). The second-order valence-electron chi connectivity index (χ2n) is 5.47. The Bertz CT molecular complexity index is 588. The first-order chi connectivity index (χ1) is 9.24. The van der Waals surface area contributed by atoms with E-state index in [9.17, 15) is 5.11 Å². The molecule has 0 aromatic heterocycles. The van der Waals surface area contributed by atoms with Crippen molar-refractivity contribution in [1.29, 1.82) is 0 Å². The van der Waals surface area contributed by atoms with Crippen molar-refractivity contribution >= 4 is 0 Å². The van der Waals surface area contributed by atoms with Crippen molar-refractivity contribution < 1.29 is 5.11 Å². The fourth-order valence-corrected chi connectivity index (χ4v) is 3.16. The van der Waals surface area contributed by atoms with Gasteiger partial charge in [0.1, 0.15) is 5.60 Å². The highest BCUT2D eigenvalue weighted by atomic mass is 16.3. The maximum absolute atomic E-state index is 11.1. The molecule has 0 spiro atoms. The molecule has 1 heteroatoms. The summed E-state index contributed by atoms with van der Waals surface area (Å²) in [4.78, 5) is 0. The van der Waals surface area contributed by atoms with Crippen LogP contribution >= 0.6 is 0 Å². The molecule has 0 saturated carbocycles. The lowest BCUT2D eigenvalue weighted by molar-refractivity contribution is 0.0828. The standard InChI is InChI=1S/C18H20O/c1-2-6-14-7-5-9-16(13-14)18(19)12-11-15-8-3-4-10-17(15)18/h3-5,7-10,13,19H,2,6,11-12H2,1H3. The van der Waals surface area contributed by atoms with E-state index in [0.29, 0.717) is 0 Å². The minimum absolute atomic E-state index is 0.791. The fraction of sp³-hybridized carbons (Fsp3) is 0.333. The minimum atomic E-state index is -0.791. The quantitative estimate of drug-likeness (QED) is 0.880. The van der Waals surface area contributed by atoms with E-state index in [0.717, 1.165) is 36.8 Å². The molecule has 1 aliphatic carbocycles. The van der Waals surface area contributed by atoms with Gasteiger partial charge in [0.25, 0.3) is 0 Å². The van der Waals surface area contributed by atoms with Crippen LogP contribution < -0.4 is 0 Å². The Labute approximate surface area is 114 Å². The number of hydrogen-bond donors (Lipinski definition) is 1. The largest absolute Gasteiger partial charge is 0.380 e. The molecular weight excluding hydrogens is 232 g/mol. The van der Waals surface area contributed by atoms with Crippen LogP contribution in [0.2, 0.25) is 0 Å². The molecule has 2 aromatic rings. The summed E-state index contributed by atoms with van der Waals surface area (Å²) in [6, 6.07) is 16.7. The van der Waals surface area contributed by atoms with Crippen molar-refractivity contribution in [3.8, 4) is 0 Å². The fourth-order valence-electron chi connectivity index (χ4n) is 3.16. The molecule has 2 aromatic carbocycles. The molecule has 0 radical (unpaired) electrons. The molecule has 98 valence electrons. The van der Waals surface area contributed by atoms with Gasteiger partial charge in [0.2, 0.25) is 0 Å². The van der Waals surface area contributed by atoms with Crippen LogP contribution in [0.25, 0.3) is 0 Å². The van der Waals surface area contributed by atoms with Crippen molar-refractivity contribution in [3.05, 3.63) is 70.8 Å². The van der Waals surface area contributed by atoms with Crippen LogP contribution in [0.3, 0.4) is 0 Å². The Hall–Kier alpha value is -1.60. The van der Waals surface area contributed by atoms with Crippen LogP contribution in [0.1, 0.15) is 42.0 Å². The zero-order chi connectivity index (χ0) is 13.3. The van der Waals surface area contributed by atoms with E-state index >= 15 is 0 Å². The first-order valence-electron chi connectivity index (χ1n) is 7.14. The van der Waals surface area contributed by atoms with Gasteiger partial charge in [0, 0.05) is 0 Å². The number of aryl methyl sites for hydroxylation is 2. The van der Waals surface area contributed by atoms with E-state index in [-0.39, 0.29) is 0 Å². The molecule has 1 N–H and O–H groups in total. The molecule has 1 aliphatic rings. The van der Waals surface area contributed by atoms with Crippen LogP contribution in [0.5, 0.6) is 0 Å². The Balaban J connectivity index is 2.04. The van der Waals surface area contributed by atoms with Crippen molar-refractivity contribution in [3.63, 3.8) is 0 Å². The predicted octanol–water partition coefficient (Wildman–Crippen LogP) is 3.82. The zero-order valence-corrected chi connectivity index (χ0v) is 11.4. The maximum Gasteiger partial charge on any atom is 0.115 e. The third-order valence-corrected chi connectivity index (χ3v) is 4.16. The summed E-state index contributed by atoms with van der Waals surface area (Å²) < 4.78 is 0. The molecular formula is C18H20O. The van der Waals surface area contributed by atoms with Gasteiger partial charge in [-0.05, 0) is 41.5 Å². The van der Waals surface area contributed by atoms with Gasteiger partial charge in [-0.15, -0.1) is 0 Å². The van der Waals surface area contributed by atoms with E-state index in [4.69, 9.17) is 0 Å². The lowest BCUT2D eigenvalue weighted by atomic mass is 9.86. The molecule has 0 saturated heterocycles. The molecule has 0 bridgehead atoms. The zero-order valence-electron chi connectivity index (χ0n) is 11.4. The van der Waals surface area contributed by atoms with Gasteiger partial charge in [-0.3, -0.25) is 0 Å². The van der Waals surface area contributed by atoms with E-state index in [1.165, 1.54) is 11.1 Å². The molecule has 1 unspecified atom stereocenters. The molecule has 0 heterocycles. The normalized spacial score (nSPS) is 21.4. The Kier molecular flexibility index (Phi) is 3.16. The number of fused-ring (bicyclic) bond motifs is 1. The summed E-state index contributed by atoms with van der Waals surface area (Å²) in [5.41, 5.74) is 3.94. The van der Waals surface area contributed by atoms with E-state index in [1.807, 2.05) is 6.07 Å². The second kappa shape index (κ2) is 4.82. The van der Waals surface area contributed by atoms with Crippen LogP contribution in [-0.4, -0.2) is 5.11 Å². The smallest absolute Gasteiger partial charge is 0.115 e. The lowest BCUT2D eigenvalue weighted by Gasteiger charge is -2.25. The van der Waals surface area contributed by atoms with E-state index in [2.05, 4.69) is 49.4 Å². The SMILES string of the molecule is CCCc1cccc(C2(O)CCc3ccccc32)c1. The number of rotatable bonds is 3. The maximum atomic E-state index is 11.1. The molecule has 0 fully saturated rings. The van der Waals surface area contributed by atoms with Crippen LogP contribution in [-0.2, 0) is 18.4 Å². The number of hydrogen-bond acceptors (Lipinski definition) is 1. The average Bonchev–Trinajstić information content (AvgIpc) is 2.79. The number of benzene rings is 2. The van der Waals surface area contributed by atoms with E-state index < -0.39 is 5.60 Å². The first kappa shape index (κ1) is 12.4. The van der Waals surface area contributed by atoms with Crippen molar-refractivity contribution in [2.45, 2.75) is 38.2 Å². The van der Waals surface area contributed by atoms with Gasteiger partial charge in [0.05, 0.1) is 0 Å². The highest BCUT2D eigenvalue weighted by molar-refractivity contribution is 5.45. The van der Waals surface area contributed by atoms with Gasteiger partial charge in [-0.25, -0.2) is 0 Å². The topological polar surface area (TPSA) is 20.2 Å². The van der Waals surface area contributed by atoms with Crippen LogP contribution in [0.4, 0.5) is 0 Å². The summed E-state index contributed by atoms with van der Waals surface area (Å²) in [7, 11) is 0. The van der Waals surface area contributed by atoms with Gasteiger partial charge >= 0.3 is 0 Å². The summed E-state index contributed by atoms with van der Waals surface area (Å²) in [5.74, 6) is 0. The van der Waals surface area contributed by atoms with Crippen LogP contribution in [0.15, 0.2) is 48.5 Å². The van der Waals surface area contributed by atoms with Gasteiger partial charge < -0.3 is 5.11 Å². The first-order valence-corrected chi connectivity index (χ1v) is 7.14. The van der Waals surface area contributed by atoms with Crippen molar-refractivity contribution in [2.75, 3.05) is 0 Å². The van der Waals surface area contributed by atoms with Gasteiger partial charge in [0.15, 0.2) is 0 Å². The average molecular weight is 252 g/mol. The summed E-state index contributed by atoms with van der Waals surface area (Å²) >= 11 is 0. The summed E-state index contributed by atoms with van der Waals surface area (Å²) in [6.07, 6.45) is 3.97. The lowest BCUT2D eigenvalue weighted by Crippen LogP contribution is -2.23. The van der Waals surface area contributed by atoms with Crippen molar-refractivity contribution in [2.24, 2.45) is 0 Å². The molecule has 19 heavy (non-hydrogen) atoms. The third kappa shape index (κ3) is 2.08. The Morgan fingerprint density at radius 1 is 1.11 bits per heavy atom. The predicted molar refractivity (Wildman–Crippen MR) is 78.2 cm³/mol. The van der Waals surface area contributed by atoms with Gasteiger partial charge in [-0.2, -0.15) is 0 Å². The third-order valence-electron chi connectivity index (χ3n) is 4.16. The van der Waals surface area contributed by atoms with Gasteiger partial charge in [-0.1, -0.05) is 61.9 Å². The Morgan fingerprint density at radius 2 is 1.95 bits per heavy atom. The Morgan fingerprint density at radius 3 is 2.79 bits per heavy atom. The monoisotopic (exact) mass is 252 g/mol.